The average Bonchev–Trinajstić information content (AvgIpc) is 2.15. The molecular formula is C12H16O2. The molecular weight excluding hydrogens is 176 g/mol. The Morgan fingerprint density at radius 1 is 1.36 bits per heavy atom. The molecule has 0 N–H and O–H groups in total. The van der Waals surface area contributed by atoms with Gasteiger partial charge < -0.3 is 4.74 Å². The Labute approximate surface area is 84.9 Å². The van der Waals surface area contributed by atoms with Crippen LogP contribution >= 0.6 is 0 Å². The third kappa shape index (κ3) is 3.21. The third-order valence-electron chi connectivity index (χ3n) is 2.18. The molecule has 0 radical (unpaired) electrons. The van der Waals surface area contributed by atoms with Crippen molar-refractivity contribution < 1.29 is 9.53 Å². The van der Waals surface area contributed by atoms with E-state index in [9.17, 15) is 4.79 Å². The Balaban J connectivity index is 2.56. The van der Waals surface area contributed by atoms with Crippen LogP contribution in [0.15, 0.2) is 24.3 Å². The van der Waals surface area contributed by atoms with E-state index in [1.165, 1.54) is 18.1 Å². The van der Waals surface area contributed by atoms with Crippen molar-refractivity contribution in [2.75, 3.05) is 6.61 Å². The number of aryl methyl sites for hydroxylation is 1. The van der Waals surface area contributed by atoms with E-state index in [0.717, 1.165) is 0 Å². The molecule has 14 heavy (non-hydrogen) atoms. The van der Waals surface area contributed by atoms with Crippen LogP contribution in [-0.4, -0.2) is 12.6 Å². The quantitative estimate of drug-likeness (QED) is 0.688. The van der Waals surface area contributed by atoms with E-state index >= 15 is 0 Å². The maximum absolute atomic E-state index is 10.6. The van der Waals surface area contributed by atoms with E-state index in [2.05, 4.69) is 31.2 Å². The van der Waals surface area contributed by atoms with Crippen molar-refractivity contribution in [1.82, 2.24) is 0 Å². The van der Waals surface area contributed by atoms with E-state index in [1.807, 2.05) is 6.92 Å². The molecule has 0 aliphatic heterocycles. The summed E-state index contributed by atoms with van der Waals surface area (Å²) in [5.74, 6) is 0.0449. The van der Waals surface area contributed by atoms with Gasteiger partial charge in [0.2, 0.25) is 0 Å². The summed E-state index contributed by atoms with van der Waals surface area (Å²) in [4.78, 5) is 10.6. The summed E-state index contributed by atoms with van der Waals surface area (Å²) in [7, 11) is 0. The van der Waals surface area contributed by atoms with Gasteiger partial charge in [-0.25, -0.2) is 0 Å². The number of ether oxygens (including phenoxy) is 1. The molecule has 2 nitrogen and oxygen atoms in total. The predicted molar refractivity (Wildman–Crippen MR) is 56.2 cm³/mol. The minimum Gasteiger partial charge on any atom is -0.465 e. The molecule has 0 saturated carbocycles. The van der Waals surface area contributed by atoms with Crippen molar-refractivity contribution >= 4 is 5.97 Å². The second-order valence-electron chi connectivity index (χ2n) is 3.61. The maximum Gasteiger partial charge on any atom is 0.302 e. The normalized spacial score (nSPS) is 12.2. The fraction of sp³-hybridized carbons (Fsp3) is 0.417. The highest BCUT2D eigenvalue weighted by molar-refractivity contribution is 5.65. The summed E-state index contributed by atoms with van der Waals surface area (Å²) in [6, 6.07) is 8.28. The van der Waals surface area contributed by atoms with Crippen molar-refractivity contribution in [3.05, 3.63) is 35.4 Å². The van der Waals surface area contributed by atoms with Gasteiger partial charge in [-0.15, -0.1) is 0 Å². The second kappa shape index (κ2) is 4.80. The molecule has 0 spiro atoms. The number of hydrogen-bond acceptors (Lipinski definition) is 2. The Hall–Kier alpha value is -1.31. The van der Waals surface area contributed by atoms with Crippen molar-refractivity contribution in [2.45, 2.75) is 26.7 Å². The van der Waals surface area contributed by atoms with Crippen LogP contribution in [0.1, 0.15) is 30.9 Å². The number of esters is 1. The second-order valence-corrected chi connectivity index (χ2v) is 3.61. The van der Waals surface area contributed by atoms with Crippen molar-refractivity contribution in [1.29, 1.82) is 0 Å². The number of carbonyl (C=O) groups excluding carboxylic acids is 1. The third-order valence-corrected chi connectivity index (χ3v) is 2.18. The van der Waals surface area contributed by atoms with Crippen LogP contribution in [0.2, 0.25) is 0 Å². The number of carbonyl (C=O) groups is 1. The van der Waals surface area contributed by atoms with Gasteiger partial charge in [0, 0.05) is 12.8 Å². The summed E-state index contributed by atoms with van der Waals surface area (Å²) in [5.41, 5.74) is 2.45. The molecule has 0 saturated heterocycles. The van der Waals surface area contributed by atoms with E-state index in [1.54, 1.807) is 0 Å². The first-order valence-corrected chi connectivity index (χ1v) is 4.79. The van der Waals surface area contributed by atoms with E-state index in [4.69, 9.17) is 4.74 Å². The van der Waals surface area contributed by atoms with Crippen molar-refractivity contribution in [2.24, 2.45) is 0 Å². The van der Waals surface area contributed by atoms with Crippen LogP contribution in [0.5, 0.6) is 0 Å². The minimum atomic E-state index is -0.219. The highest BCUT2D eigenvalue weighted by Crippen LogP contribution is 2.15. The molecule has 0 aliphatic carbocycles. The van der Waals surface area contributed by atoms with Crippen LogP contribution in [0.4, 0.5) is 0 Å². The van der Waals surface area contributed by atoms with Gasteiger partial charge in [-0.05, 0) is 12.5 Å². The highest BCUT2D eigenvalue weighted by Gasteiger charge is 2.06. The predicted octanol–water partition coefficient (Wildman–Crippen LogP) is 2.66. The van der Waals surface area contributed by atoms with Gasteiger partial charge in [0.05, 0.1) is 6.61 Å². The van der Waals surface area contributed by atoms with Gasteiger partial charge in [-0.1, -0.05) is 36.8 Å². The summed E-state index contributed by atoms with van der Waals surface area (Å²) in [6.07, 6.45) is 0. The van der Waals surface area contributed by atoms with Gasteiger partial charge in [-0.3, -0.25) is 4.79 Å². The SMILES string of the molecule is CC(=O)OC[C@H](C)c1ccc(C)cc1. The monoisotopic (exact) mass is 192 g/mol. The van der Waals surface area contributed by atoms with Crippen LogP contribution in [0.25, 0.3) is 0 Å². The van der Waals surface area contributed by atoms with Gasteiger partial charge in [0.15, 0.2) is 0 Å². The Morgan fingerprint density at radius 3 is 2.43 bits per heavy atom. The lowest BCUT2D eigenvalue weighted by Crippen LogP contribution is -2.07. The lowest BCUT2D eigenvalue weighted by atomic mass is 10.0. The Kier molecular flexibility index (Phi) is 3.69. The van der Waals surface area contributed by atoms with E-state index < -0.39 is 0 Å². The molecule has 0 aromatic heterocycles. The molecule has 0 aliphatic rings. The zero-order valence-electron chi connectivity index (χ0n) is 8.91. The molecule has 0 heterocycles. The van der Waals surface area contributed by atoms with Crippen molar-refractivity contribution in [3.63, 3.8) is 0 Å². The molecule has 2 heteroatoms. The standard InChI is InChI=1S/C12H16O2/c1-9-4-6-12(7-5-9)10(2)8-14-11(3)13/h4-7,10H,8H2,1-3H3/t10-/m0/s1. The molecule has 0 unspecified atom stereocenters. The first-order chi connectivity index (χ1) is 6.59. The Morgan fingerprint density at radius 2 is 1.93 bits per heavy atom. The van der Waals surface area contributed by atoms with E-state index in [0.29, 0.717) is 6.61 Å². The topological polar surface area (TPSA) is 26.3 Å². The summed E-state index contributed by atoms with van der Waals surface area (Å²) < 4.78 is 4.95. The molecule has 0 bridgehead atoms. The molecule has 1 aromatic rings. The fourth-order valence-electron chi connectivity index (χ4n) is 1.23. The molecule has 1 aromatic carbocycles. The first-order valence-electron chi connectivity index (χ1n) is 4.79. The van der Waals surface area contributed by atoms with Gasteiger partial charge in [0.25, 0.3) is 0 Å². The van der Waals surface area contributed by atoms with Gasteiger partial charge in [0.1, 0.15) is 0 Å². The average molecular weight is 192 g/mol. The molecule has 0 amide bonds. The maximum atomic E-state index is 10.6. The minimum absolute atomic E-state index is 0.219. The van der Waals surface area contributed by atoms with Crippen LogP contribution in [0.3, 0.4) is 0 Å². The lowest BCUT2D eigenvalue weighted by molar-refractivity contribution is -0.141. The van der Waals surface area contributed by atoms with E-state index in [-0.39, 0.29) is 11.9 Å². The number of rotatable bonds is 3. The summed E-state index contributed by atoms with van der Waals surface area (Å²) in [6.45, 7) is 5.99. The first kappa shape index (κ1) is 10.8. The van der Waals surface area contributed by atoms with Crippen molar-refractivity contribution in [3.8, 4) is 0 Å². The molecule has 1 atom stereocenters. The summed E-state index contributed by atoms with van der Waals surface area (Å²) >= 11 is 0. The fourth-order valence-corrected chi connectivity index (χ4v) is 1.23. The zero-order chi connectivity index (χ0) is 10.6. The highest BCUT2D eigenvalue weighted by atomic mass is 16.5. The smallest absolute Gasteiger partial charge is 0.302 e. The van der Waals surface area contributed by atoms with Crippen LogP contribution in [0, 0.1) is 6.92 Å². The molecule has 1 rings (SSSR count). The van der Waals surface area contributed by atoms with Crippen LogP contribution in [-0.2, 0) is 9.53 Å². The molecule has 0 fully saturated rings. The lowest BCUT2D eigenvalue weighted by Gasteiger charge is -2.11. The van der Waals surface area contributed by atoms with Gasteiger partial charge >= 0.3 is 5.97 Å². The largest absolute Gasteiger partial charge is 0.465 e. The number of benzene rings is 1. The number of hydrogen-bond donors (Lipinski definition) is 0. The zero-order valence-corrected chi connectivity index (χ0v) is 8.91. The summed E-state index contributed by atoms with van der Waals surface area (Å²) in [5, 5.41) is 0. The van der Waals surface area contributed by atoms with Gasteiger partial charge in [-0.2, -0.15) is 0 Å². The van der Waals surface area contributed by atoms with Crippen LogP contribution < -0.4 is 0 Å². The molecule has 76 valence electrons. The Bertz CT molecular complexity index is 301.